The minimum Gasteiger partial charge on any atom is -0.331 e. The summed E-state index contributed by atoms with van der Waals surface area (Å²) in [5.74, 6) is 0.500. The molecule has 1 aromatic carbocycles. The van der Waals surface area contributed by atoms with Gasteiger partial charge in [0.15, 0.2) is 0 Å². The van der Waals surface area contributed by atoms with Gasteiger partial charge in [0.05, 0.1) is 12.1 Å². The largest absolute Gasteiger partial charge is 0.331 e. The van der Waals surface area contributed by atoms with Crippen LogP contribution in [0.2, 0.25) is 0 Å². The lowest BCUT2D eigenvalue weighted by Gasteiger charge is -2.22. The van der Waals surface area contributed by atoms with Gasteiger partial charge in [0, 0.05) is 11.1 Å². The monoisotopic (exact) mass is 331 g/mol. The zero-order valence-electron chi connectivity index (χ0n) is 14.2. The number of benzene rings is 1. The summed E-state index contributed by atoms with van der Waals surface area (Å²) in [6.45, 7) is 8.24. The van der Waals surface area contributed by atoms with E-state index in [0.717, 1.165) is 22.7 Å². The van der Waals surface area contributed by atoms with Crippen LogP contribution in [0.1, 0.15) is 55.5 Å². The van der Waals surface area contributed by atoms with Crippen molar-refractivity contribution in [3.8, 4) is 0 Å². The van der Waals surface area contributed by atoms with E-state index in [1.54, 1.807) is 11.3 Å². The van der Waals surface area contributed by atoms with Gasteiger partial charge < -0.3 is 10.6 Å². The summed E-state index contributed by atoms with van der Waals surface area (Å²) in [6.07, 6.45) is 0.905. The normalized spacial score (nSPS) is 13.6. The predicted octanol–water partition coefficient (Wildman–Crippen LogP) is 4.60. The van der Waals surface area contributed by atoms with Crippen LogP contribution in [0.5, 0.6) is 0 Å². The van der Waals surface area contributed by atoms with Crippen molar-refractivity contribution < 1.29 is 4.79 Å². The van der Waals surface area contributed by atoms with E-state index in [1.165, 1.54) is 0 Å². The van der Waals surface area contributed by atoms with E-state index in [2.05, 4.69) is 41.6 Å². The van der Waals surface area contributed by atoms with Crippen LogP contribution in [0.4, 0.5) is 4.79 Å². The standard InChI is InChI=1S/C18H25N3OS/c1-12(2)10-16(15-8-6-5-7-9-15)21-18(22)20-14(4)17-19-13(3)11-23-17/h5-9,11-12,14,16H,10H2,1-4H3,(H2,20,21,22). The highest BCUT2D eigenvalue weighted by Crippen LogP contribution is 2.22. The molecular weight excluding hydrogens is 306 g/mol. The highest BCUT2D eigenvalue weighted by molar-refractivity contribution is 7.09. The zero-order valence-corrected chi connectivity index (χ0v) is 15.0. The average Bonchev–Trinajstić information content (AvgIpc) is 2.93. The summed E-state index contributed by atoms with van der Waals surface area (Å²) in [6, 6.07) is 9.88. The number of thiazole rings is 1. The quantitative estimate of drug-likeness (QED) is 0.813. The van der Waals surface area contributed by atoms with Crippen LogP contribution in [0.15, 0.2) is 35.7 Å². The van der Waals surface area contributed by atoms with E-state index < -0.39 is 0 Å². The molecule has 1 aromatic heterocycles. The van der Waals surface area contributed by atoms with Crippen molar-refractivity contribution in [1.29, 1.82) is 0 Å². The van der Waals surface area contributed by atoms with E-state index in [0.29, 0.717) is 5.92 Å². The fourth-order valence-electron chi connectivity index (χ4n) is 2.46. The lowest BCUT2D eigenvalue weighted by Crippen LogP contribution is -2.39. The highest BCUT2D eigenvalue weighted by Gasteiger charge is 2.18. The molecule has 0 bridgehead atoms. The van der Waals surface area contributed by atoms with E-state index in [1.807, 2.05) is 37.4 Å². The molecule has 0 saturated carbocycles. The van der Waals surface area contributed by atoms with Crippen LogP contribution >= 0.6 is 11.3 Å². The van der Waals surface area contributed by atoms with E-state index in [-0.39, 0.29) is 18.1 Å². The average molecular weight is 331 g/mol. The van der Waals surface area contributed by atoms with Gasteiger partial charge >= 0.3 is 6.03 Å². The SMILES string of the molecule is Cc1csc(C(C)NC(=O)NC(CC(C)C)c2ccccc2)n1. The lowest BCUT2D eigenvalue weighted by molar-refractivity contribution is 0.232. The van der Waals surface area contributed by atoms with Crippen LogP contribution in [0.25, 0.3) is 0 Å². The smallest absolute Gasteiger partial charge is 0.315 e. The van der Waals surface area contributed by atoms with E-state index >= 15 is 0 Å². The number of aryl methyl sites for hydroxylation is 1. The molecule has 124 valence electrons. The number of carbonyl (C=O) groups is 1. The van der Waals surface area contributed by atoms with Gasteiger partial charge in [-0.1, -0.05) is 44.2 Å². The number of carbonyl (C=O) groups excluding carboxylic acids is 1. The molecule has 2 rings (SSSR count). The molecule has 0 aliphatic carbocycles. The molecule has 0 spiro atoms. The number of rotatable bonds is 6. The first-order valence-electron chi connectivity index (χ1n) is 7.99. The number of aromatic nitrogens is 1. The number of hydrogen-bond acceptors (Lipinski definition) is 3. The van der Waals surface area contributed by atoms with Crippen molar-refractivity contribution in [1.82, 2.24) is 15.6 Å². The fourth-order valence-corrected chi connectivity index (χ4v) is 3.27. The number of urea groups is 1. The number of nitrogens with zero attached hydrogens (tertiary/aromatic N) is 1. The van der Waals surface area contributed by atoms with Crippen molar-refractivity contribution in [2.75, 3.05) is 0 Å². The van der Waals surface area contributed by atoms with Gasteiger partial charge in [-0.2, -0.15) is 0 Å². The molecule has 2 atom stereocenters. The van der Waals surface area contributed by atoms with Gasteiger partial charge in [0.1, 0.15) is 5.01 Å². The maximum absolute atomic E-state index is 12.4. The Kier molecular flexibility index (Phi) is 6.16. The first-order valence-corrected chi connectivity index (χ1v) is 8.87. The van der Waals surface area contributed by atoms with Crippen molar-refractivity contribution in [2.24, 2.45) is 5.92 Å². The first-order chi connectivity index (χ1) is 11.0. The highest BCUT2D eigenvalue weighted by atomic mass is 32.1. The molecule has 23 heavy (non-hydrogen) atoms. The van der Waals surface area contributed by atoms with Crippen LogP contribution < -0.4 is 10.6 Å². The number of hydrogen-bond donors (Lipinski definition) is 2. The Balaban J connectivity index is 2.00. The Hall–Kier alpha value is -1.88. The van der Waals surface area contributed by atoms with Gasteiger partial charge in [0.2, 0.25) is 0 Å². The van der Waals surface area contributed by atoms with Crippen LogP contribution in [0.3, 0.4) is 0 Å². The summed E-state index contributed by atoms with van der Waals surface area (Å²) < 4.78 is 0. The molecular formula is C18H25N3OS. The summed E-state index contributed by atoms with van der Waals surface area (Å²) in [7, 11) is 0. The Morgan fingerprint density at radius 2 is 1.87 bits per heavy atom. The Morgan fingerprint density at radius 1 is 1.17 bits per heavy atom. The van der Waals surface area contributed by atoms with Crippen molar-refractivity contribution in [2.45, 2.75) is 46.2 Å². The van der Waals surface area contributed by atoms with Crippen LogP contribution in [-0.2, 0) is 0 Å². The van der Waals surface area contributed by atoms with Crippen molar-refractivity contribution in [3.05, 3.63) is 52.0 Å². The van der Waals surface area contributed by atoms with E-state index in [4.69, 9.17) is 0 Å². The molecule has 1 heterocycles. The number of nitrogens with one attached hydrogen (secondary N) is 2. The first kappa shape index (κ1) is 17.5. The fraction of sp³-hybridized carbons (Fsp3) is 0.444. The van der Waals surface area contributed by atoms with Gasteiger partial charge in [-0.15, -0.1) is 11.3 Å². The second-order valence-corrected chi connectivity index (χ2v) is 7.15. The Labute approximate surface area is 142 Å². The van der Waals surface area contributed by atoms with Gasteiger partial charge in [-0.25, -0.2) is 9.78 Å². The molecule has 2 amide bonds. The molecule has 0 radical (unpaired) electrons. The van der Waals surface area contributed by atoms with Crippen LogP contribution in [0, 0.1) is 12.8 Å². The zero-order chi connectivity index (χ0) is 16.8. The summed E-state index contributed by atoms with van der Waals surface area (Å²) >= 11 is 1.57. The molecule has 0 aliphatic rings. The second-order valence-electron chi connectivity index (χ2n) is 6.26. The third kappa shape index (κ3) is 5.36. The Morgan fingerprint density at radius 3 is 2.43 bits per heavy atom. The summed E-state index contributed by atoms with van der Waals surface area (Å²) in [5, 5.41) is 9.01. The van der Waals surface area contributed by atoms with Gasteiger partial charge in [-0.05, 0) is 31.7 Å². The second kappa shape index (κ2) is 8.11. The van der Waals surface area contributed by atoms with Gasteiger partial charge in [-0.3, -0.25) is 0 Å². The van der Waals surface area contributed by atoms with Gasteiger partial charge in [0.25, 0.3) is 0 Å². The molecule has 0 aliphatic heterocycles. The summed E-state index contributed by atoms with van der Waals surface area (Å²) in [5.41, 5.74) is 2.12. The van der Waals surface area contributed by atoms with Crippen molar-refractivity contribution >= 4 is 17.4 Å². The molecule has 2 unspecified atom stereocenters. The van der Waals surface area contributed by atoms with Crippen LogP contribution in [-0.4, -0.2) is 11.0 Å². The molecule has 0 saturated heterocycles. The predicted molar refractivity (Wildman–Crippen MR) is 95.6 cm³/mol. The maximum Gasteiger partial charge on any atom is 0.315 e. The molecule has 2 N–H and O–H groups in total. The third-order valence-electron chi connectivity index (χ3n) is 3.57. The minimum absolute atomic E-state index is 0.0152. The minimum atomic E-state index is -0.153. The number of amides is 2. The Bertz CT molecular complexity index is 624. The lowest BCUT2D eigenvalue weighted by atomic mass is 9.97. The molecule has 5 heteroatoms. The maximum atomic E-state index is 12.4. The summed E-state index contributed by atoms with van der Waals surface area (Å²) in [4.78, 5) is 16.8. The third-order valence-corrected chi connectivity index (χ3v) is 4.71. The molecule has 0 fully saturated rings. The molecule has 4 nitrogen and oxygen atoms in total. The van der Waals surface area contributed by atoms with E-state index in [9.17, 15) is 4.79 Å². The van der Waals surface area contributed by atoms with Crippen molar-refractivity contribution in [3.63, 3.8) is 0 Å². The topological polar surface area (TPSA) is 54.0 Å². The molecule has 2 aromatic rings.